The lowest BCUT2D eigenvalue weighted by molar-refractivity contribution is -0.141. The molecule has 5 rings (SSSR count). The summed E-state index contributed by atoms with van der Waals surface area (Å²) in [5, 5.41) is 0. The predicted molar refractivity (Wildman–Crippen MR) is 130 cm³/mol. The Bertz CT molecular complexity index is 1300. The topological polar surface area (TPSA) is 93.5 Å². The van der Waals surface area contributed by atoms with Crippen LogP contribution in [0, 0.1) is 19.8 Å². The number of carbonyl (C=O) groups excluding carboxylic acids is 1. The molecule has 0 spiro atoms. The van der Waals surface area contributed by atoms with E-state index in [1.165, 1.54) is 12.8 Å². The molecule has 1 aromatic carbocycles. The maximum atomic E-state index is 13.2. The van der Waals surface area contributed by atoms with Crippen molar-refractivity contribution >= 4 is 23.0 Å². The Morgan fingerprint density at radius 2 is 1.91 bits per heavy atom. The monoisotopic (exact) mass is 456 g/mol. The number of aromatic nitrogens is 4. The molecule has 0 N–H and O–H groups in total. The van der Waals surface area contributed by atoms with Crippen LogP contribution in [-0.4, -0.2) is 45.2 Å². The number of carbonyl (C=O) groups is 1. The highest BCUT2D eigenvalue weighted by atomic mass is 16.5. The van der Waals surface area contributed by atoms with E-state index in [2.05, 4.69) is 19.9 Å². The molecule has 2 aliphatic rings. The highest BCUT2D eigenvalue weighted by molar-refractivity contribution is 6.07. The number of hydrogen-bond donors (Lipinski definition) is 0. The van der Waals surface area contributed by atoms with E-state index in [1.807, 2.05) is 45.9 Å². The van der Waals surface area contributed by atoms with Gasteiger partial charge in [0, 0.05) is 41.8 Å². The average Bonchev–Trinajstić information content (AvgIpc) is 3.65. The Morgan fingerprint density at radius 3 is 2.62 bits per heavy atom. The van der Waals surface area contributed by atoms with Crippen LogP contribution >= 0.6 is 0 Å². The molecule has 8 heteroatoms. The van der Waals surface area contributed by atoms with E-state index in [4.69, 9.17) is 9.73 Å². The molecule has 34 heavy (non-hydrogen) atoms. The Morgan fingerprint density at radius 1 is 1.18 bits per heavy atom. The molecule has 8 nitrogen and oxygen atoms in total. The number of ether oxygens (including phenoxy) is 1. The molecule has 1 fully saturated rings. The van der Waals surface area contributed by atoms with Gasteiger partial charge >= 0.3 is 0 Å². The number of anilines is 1. The van der Waals surface area contributed by atoms with Gasteiger partial charge in [-0.25, -0.2) is 24.9 Å². The van der Waals surface area contributed by atoms with Gasteiger partial charge in [-0.2, -0.15) is 0 Å². The standard InChI is InChI=1S/C26H28N6O2/c1-15(20-11-27-17(3)28-12-20)31-23-16(2)29-14-30-24(23)19-8-9-22-21(10-19)26(4,25(33)32(22)5)34-13-18-6-7-18/h8-12,14,18H,6-7,13H2,1-5H3. The number of rotatable bonds is 6. The lowest BCUT2D eigenvalue weighted by Crippen LogP contribution is -2.38. The van der Waals surface area contributed by atoms with Crippen LogP contribution < -0.4 is 4.90 Å². The Labute approximate surface area is 199 Å². The number of benzene rings is 1. The van der Waals surface area contributed by atoms with Gasteiger partial charge in [0.1, 0.15) is 17.8 Å². The summed E-state index contributed by atoms with van der Waals surface area (Å²) < 4.78 is 6.23. The van der Waals surface area contributed by atoms with Crippen LogP contribution in [0.4, 0.5) is 11.4 Å². The number of likely N-dealkylation sites (N-methyl/N-ethyl adjacent to an activating group) is 1. The lowest BCUT2D eigenvalue weighted by Gasteiger charge is -2.24. The number of aryl methyl sites for hydroxylation is 2. The number of hydrogen-bond acceptors (Lipinski definition) is 7. The molecule has 1 aliphatic carbocycles. The molecular formula is C26H28N6O2. The molecule has 1 amide bonds. The number of nitrogens with zero attached hydrogens (tertiary/aromatic N) is 6. The second-order valence-electron chi connectivity index (χ2n) is 9.26. The van der Waals surface area contributed by atoms with Gasteiger partial charge in [-0.1, -0.05) is 6.07 Å². The fraction of sp³-hybridized carbons (Fsp3) is 0.385. The molecule has 1 atom stereocenters. The van der Waals surface area contributed by atoms with E-state index in [-0.39, 0.29) is 5.91 Å². The second kappa shape index (κ2) is 8.36. The normalized spacial score (nSPS) is 20.1. The third kappa shape index (κ3) is 3.88. The third-order valence-electron chi connectivity index (χ3n) is 6.65. The van der Waals surface area contributed by atoms with Crippen molar-refractivity contribution in [2.45, 2.75) is 46.1 Å². The van der Waals surface area contributed by atoms with Crippen LogP contribution in [0.15, 0.2) is 41.9 Å². The zero-order valence-electron chi connectivity index (χ0n) is 20.2. The van der Waals surface area contributed by atoms with Crippen LogP contribution in [0.5, 0.6) is 0 Å². The molecule has 1 unspecified atom stereocenters. The average molecular weight is 457 g/mol. The van der Waals surface area contributed by atoms with Crippen molar-refractivity contribution in [3.05, 3.63) is 59.6 Å². The summed E-state index contributed by atoms with van der Waals surface area (Å²) >= 11 is 0. The highest BCUT2D eigenvalue weighted by Gasteiger charge is 2.48. The SMILES string of the molecule is CC(=Nc1c(C)ncnc1-c1ccc2c(c1)C(C)(OCC1CC1)C(=O)N2C)c1cnc(C)nc1. The van der Waals surface area contributed by atoms with Crippen LogP contribution in [0.1, 0.15) is 49.3 Å². The first-order valence-electron chi connectivity index (χ1n) is 11.5. The van der Waals surface area contributed by atoms with Crippen molar-refractivity contribution < 1.29 is 9.53 Å². The van der Waals surface area contributed by atoms with Gasteiger partial charge in [-0.05, 0) is 58.6 Å². The Balaban J connectivity index is 1.57. The van der Waals surface area contributed by atoms with Crippen LogP contribution in [0.2, 0.25) is 0 Å². The largest absolute Gasteiger partial charge is 0.360 e. The molecule has 0 bridgehead atoms. The molecule has 3 heterocycles. The maximum Gasteiger partial charge on any atom is 0.263 e. The smallest absolute Gasteiger partial charge is 0.263 e. The summed E-state index contributed by atoms with van der Waals surface area (Å²) in [7, 11) is 1.80. The van der Waals surface area contributed by atoms with Gasteiger partial charge in [-0.15, -0.1) is 0 Å². The van der Waals surface area contributed by atoms with Gasteiger partial charge in [0.2, 0.25) is 0 Å². The van der Waals surface area contributed by atoms with Gasteiger partial charge < -0.3 is 9.64 Å². The number of amides is 1. The summed E-state index contributed by atoms with van der Waals surface area (Å²) in [6.07, 6.45) is 7.40. The first-order chi connectivity index (χ1) is 16.3. The minimum Gasteiger partial charge on any atom is -0.360 e. The minimum atomic E-state index is -1.01. The zero-order valence-corrected chi connectivity index (χ0v) is 20.2. The minimum absolute atomic E-state index is 0.0485. The first kappa shape index (κ1) is 22.3. The molecule has 174 valence electrons. The summed E-state index contributed by atoms with van der Waals surface area (Å²) in [4.78, 5) is 37.2. The molecule has 2 aromatic heterocycles. The molecule has 3 aromatic rings. The highest BCUT2D eigenvalue weighted by Crippen LogP contribution is 2.45. The fourth-order valence-corrected chi connectivity index (χ4v) is 4.23. The van der Waals surface area contributed by atoms with Crippen molar-refractivity contribution in [2.24, 2.45) is 10.9 Å². The van der Waals surface area contributed by atoms with Crippen LogP contribution in [0.3, 0.4) is 0 Å². The van der Waals surface area contributed by atoms with E-state index >= 15 is 0 Å². The Kier molecular flexibility index (Phi) is 5.48. The third-order valence-corrected chi connectivity index (χ3v) is 6.65. The van der Waals surface area contributed by atoms with E-state index in [1.54, 1.807) is 30.7 Å². The number of fused-ring (bicyclic) bond motifs is 1. The van der Waals surface area contributed by atoms with Crippen molar-refractivity contribution in [3.8, 4) is 11.3 Å². The fourth-order valence-electron chi connectivity index (χ4n) is 4.23. The summed E-state index contributed by atoms with van der Waals surface area (Å²) in [6.45, 7) is 8.15. The van der Waals surface area contributed by atoms with E-state index in [0.717, 1.165) is 33.8 Å². The van der Waals surface area contributed by atoms with Crippen molar-refractivity contribution in [1.29, 1.82) is 0 Å². The van der Waals surface area contributed by atoms with Crippen molar-refractivity contribution in [1.82, 2.24) is 19.9 Å². The maximum absolute atomic E-state index is 13.2. The molecule has 1 saturated carbocycles. The first-order valence-corrected chi connectivity index (χ1v) is 11.5. The van der Waals surface area contributed by atoms with Gasteiger partial charge in [-0.3, -0.25) is 4.79 Å². The summed E-state index contributed by atoms with van der Waals surface area (Å²) in [6, 6.07) is 5.94. The van der Waals surface area contributed by atoms with Gasteiger partial charge in [0.05, 0.1) is 23.7 Å². The van der Waals surface area contributed by atoms with E-state index in [9.17, 15) is 4.79 Å². The molecule has 0 radical (unpaired) electrons. The Hall–Kier alpha value is -3.52. The quantitative estimate of drug-likeness (QED) is 0.513. The van der Waals surface area contributed by atoms with Crippen LogP contribution in [0.25, 0.3) is 11.3 Å². The van der Waals surface area contributed by atoms with Gasteiger partial charge in [0.25, 0.3) is 5.91 Å². The van der Waals surface area contributed by atoms with Crippen molar-refractivity contribution in [3.63, 3.8) is 0 Å². The van der Waals surface area contributed by atoms with Crippen LogP contribution in [-0.2, 0) is 15.1 Å². The molecule has 0 saturated heterocycles. The molecule has 1 aliphatic heterocycles. The summed E-state index contributed by atoms with van der Waals surface area (Å²) in [5.41, 5.74) is 5.31. The van der Waals surface area contributed by atoms with E-state index in [0.29, 0.717) is 29.7 Å². The predicted octanol–water partition coefficient (Wildman–Crippen LogP) is 4.31. The second-order valence-corrected chi connectivity index (χ2v) is 9.26. The molecular weight excluding hydrogens is 428 g/mol. The number of aliphatic imine (C=N–C) groups is 1. The lowest BCUT2D eigenvalue weighted by atomic mass is 9.94. The zero-order chi connectivity index (χ0) is 24.0. The van der Waals surface area contributed by atoms with Crippen molar-refractivity contribution in [2.75, 3.05) is 18.6 Å². The van der Waals surface area contributed by atoms with Gasteiger partial charge in [0.15, 0.2) is 5.60 Å². The van der Waals surface area contributed by atoms with E-state index < -0.39 is 5.60 Å². The summed E-state index contributed by atoms with van der Waals surface area (Å²) in [5.74, 6) is 1.22.